The molecule has 4 nitrogen and oxygen atoms in total. The molecule has 1 aromatic carbocycles. The first-order valence-corrected chi connectivity index (χ1v) is 3.57. The molecule has 0 saturated heterocycles. The summed E-state index contributed by atoms with van der Waals surface area (Å²) >= 11 is 0. The molecule has 0 spiro atoms. The zero-order valence-electron chi connectivity index (χ0n) is 7.07. The summed E-state index contributed by atoms with van der Waals surface area (Å²) in [5, 5.41) is 8.63. The van der Waals surface area contributed by atoms with Crippen LogP contribution < -0.4 is 10.5 Å². The number of amides is 1. The van der Waals surface area contributed by atoms with Gasteiger partial charge in [-0.05, 0) is 18.2 Å². The Kier molecular flexibility index (Phi) is 2.50. The number of nitrogens with two attached hydrogens (primary N) is 1. The van der Waals surface area contributed by atoms with Crippen molar-refractivity contribution in [3.05, 3.63) is 29.3 Å². The molecular weight excluding hydrogens is 168 g/mol. The van der Waals surface area contributed by atoms with Gasteiger partial charge in [-0.15, -0.1) is 0 Å². The Morgan fingerprint density at radius 3 is 2.77 bits per heavy atom. The zero-order chi connectivity index (χ0) is 9.84. The summed E-state index contributed by atoms with van der Waals surface area (Å²) in [6, 6.07) is 6.42. The molecule has 1 amide bonds. The minimum Gasteiger partial charge on any atom is -0.497 e. The van der Waals surface area contributed by atoms with Crippen LogP contribution in [0.5, 0.6) is 5.75 Å². The molecule has 0 radical (unpaired) electrons. The first kappa shape index (κ1) is 9.07. The van der Waals surface area contributed by atoms with Gasteiger partial charge in [-0.25, -0.2) is 0 Å². The summed E-state index contributed by atoms with van der Waals surface area (Å²) in [6.45, 7) is 0. The van der Waals surface area contributed by atoms with E-state index in [0.29, 0.717) is 5.75 Å². The number of nitrogens with zero attached hydrogens (tertiary/aromatic N) is 1. The van der Waals surface area contributed by atoms with Crippen LogP contribution in [0.25, 0.3) is 0 Å². The molecule has 0 bridgehead atoms. The average Bonchev–Trinajstić information content (AvgIpc) is 2.16. The van der Waals surface area contributed by atoms with Crippen molar-refractivity contribution in [2.45, 2.75) is 0 Å². The molecule has 1 rings (SSSR count). The van der Waals surface area contributed by atoms with Gasteiger partial charge in [0.2, 0.25) is 5.91 Å². The fraction of sp³-hybridized carbons (Fsp3) is 0.111. The molecule has 0 aliphatic rings. The second kappa shape index (κ2) is 3.59. The van der Waals surface area contributed by atoms with Gasteiger partial charge in [-0.2, -0.15) is 5.26 Å². The van der Waals surface area contributed by atoms with E-state index in [-0.39, 0.29) is 11.1 Å². The highest BCUT2D eigenvalue weighted by molar-refractivity contribution is 5.95. The van der Waals surface area contributed by atoms with Gasteiger partial charge in [0.25, 0.3) is 0 Å². The van der Waals surface area contributed by atoms with E-state index in [1.165, 1.54) is 19.2 Å². The third kappa shape index (κ3) is 1.76. The maximum Gasteiger partial charge on any atom is 0.250 e. The van der Waals surface area contributed by atoms with Gasteiger partial charge in [-0.1, -0.05) is 0 Å². The molecule has 0 heterocycles. The monoisotopic (exact) mass is 176 g/mol. The van der Waals surface area contributed by atoms with Crippen LogP contribution in [-0.4, -0.2) is 13.0 Å². The summed E-state index contributed by atoms with van der Waals surface area (Å²) in [7, 11) is 1.48. The van der Waals surface area contributed by atoms with Crippen LogP contribution in [0.3, 0.4) is 0 Å². The standard InChI is InChI=1S/C9H8N2O2/c1-13-7-3-2-6(5-10)8(4-7)9(11)12/h2-4H,1H3,(H2,11,12). The Bertz CT molecular complexity index is 380. The molecule has 13 heavy (non-hydrogen) atoms. The van der Waals surface area contributed by atoms with Crippen LogP contribution in [-0.2, 0) is 0 Å². The molecular formula is C9H8N2O2. The van der Waals surface area contributed by atoms with Crippen molar-refractivity contribution in [3.63, 3.8) is 0 Å². The quantitative estimate of drug-likeness (QED) is 0.719. The van der Waals surface area contributed by atoms with Crippen molar-refractivity contribution < 1.29 is 9.53 Å². The van der Waals surface area contributed by atoms with Crippen LogP contribution in [0.2, 0.25) is 0 Å². The lowest BCUT2D eigenvalue weighted by atomic mass is 10.1. The molecule has 0 unspecified atom stereocenters. The van der Waals surface area contributed by atoms with Gasteiger partial charge in [0, 0.05) is 0 Å². The Hall–Kier alpha value is -2.02. The SMILES string of the molecule is COc1ccc(C#N)c(C(N)=O)c1. The van der Waals surface area contributed by atoms with Gasteiger partial charge in [0.15, 0.2) is 0 Å². The lowest BCUT2D eigenvalue weighted by Crippen LogP contribution is -2.12. The average molecular weight is 176 g/mol. The largest absolute Gasteiger partial charge is 0.497 e. The molecule has 1 aromatic rings. The molecule has 0 fully saturated rings. The minimum atomic E-state index is -0.629. The Morgan fingerprint density at radius 1 is 1.62 bits per heavy atom. The molecule has 0 aliphatic heterocycles. The maximum absolute atomic E-state index is 10.9. The summed E-state index contributed by atoms with van der Waals surface area (Å²) < 4.78 is 4.89. The van der Waals surface area contributed by atoms with Gasteiger partial charge in [0.05, 0.1) is 24.3 Å². The number of hydrogen-bond acceptors (Lipinski definition) is 3. The second-order valence-electron chi connectivity index (χ2n) is 2.39. The third-order valence-electron chi connectivity index (χ3n) is 1.61. The molecule has 2 N–H and O–H groups in total. The normalized spacial score (nSPS) is 8.92. The first-order valence-electron chi connectivity index (χ1n) is 3.57. The van der Waals surface area contributed by atoms with Gasteiger partial charge in [-0.3, -0.25) is 4.79 Å². The molecule has 0 aliphatic carbocycles. The highest BCUT2D eigenvalue weighted by atomic mass is 16.5. The van der Waals surface area contributed by atoms with E-state index < -0.39 is 5.91 Å². The minimum absolute atomic E-state index is 0.182. The van der Waals surface area contributed by atoms with Crippen LogP contribution in [0.15, 0.2) is 18.2 Å². The number of nitriles is 1. The Balaban J connectivity index is 3.28. The second-order valence-corrected chi connectivity index (χ2v) is 2.39. The highest BCUT2D eigenvalue weighted by Gasteiger charge is 2.08. The number of ether oxygens (including phenoxy) is 1. The lowest BCUT2D eigenvalue weighted by molar-refractivity contribution is 0.0999. The predicted molar refractivity (Wildman–Crippen MR) is 46.2 cm³/mol. The van der Waals surface area contributed by atoms with Crippen molar-refractivity contribution >= 4 is 5.91 Å². The van der Waals surface area contributed by atoms with E-state index >= 15 is 0 Å². The van der Waals surface area contributed by atoms with Crippen LogP contribution in [0.4, 0.5) is 0 Å². The summed E-state index contributed by atoms with van der Waals surface area (Å²) in [5.74, 6) is -0.122. The smallest absolute Gasteiger partial charge is 0.250 e. The van der Waals surface area contributed by atoms with Gasteiger partial charge < -0.3 is 10.5 Å². The van der Waals surface area contributed by atoms with Gasteiger partial charge in [0.1, 0.15) is 5.75 Å². The van der Waals surface area contributed by atoms with E-state index in [0.717, 1.165) is 0 Å². The number of carbonyl (C=O) groups is 1. The zero-order valence-corrected chi connectivity index (χ0v) is 7.07. The van der Waals surface area contributed by atoms with Crippen molar-refractivity contribution in [1.29, 1.82) is 5.26 Å². The number of hydrogen-bond donors (Lipinski definition) is 1. The van der Waals surface area contributed by atoms with E-state index in [1.54, 1.807) is 6.07 Å². The van der Waals surface area contributed by atoms with Crippen LogP contribution in [0, 0.1) is 11.3 Å². The van der Waals surface area contributed by atoms with Crippen molar-refractivity contribution in [2.75, 3.05) is 7.11 Å². The van der Waals surface area contributed by atoms with E-state index in [9.17, 15) is 4.79 Å². The lowest BCUT2D eigenvalue weighted by Gasteiger charge is -2.02. The number of rotatable bonds is 2. The van der Waals surface area contributed by atoms with E-state index in [1.807, 2.05) is 6.07 Å². The van der Waals surface area contributed by atoms with E-state index in [2.05, 4.69) is 0 Å². The maximum atomic E-state index is 10.9. The third-order valence-corrected chi connectivity index (χ3v) is 1.61. The van der Waals surface area contributed by atoms with Crippen LogP contribution >= 0.6 is 0 Å². The van der Waals surface area contributed by atoms with Crippen LogP contribution in [0.1, 0.15) is 15.9 Å². The van der Waals surface area contributed by atoms with Crippen molar-refractivity contribution in [3.8, 4) is 11.8 Å². The van der Waals surface area contributed by atoms with Crippen molar-refractivity contribution in [2.24, 2.45) is 5.73 Å². The molecule has 0 atom stereocenters. The molecule has 4 heteroatoms. The first-order chi connectivity index (χ1) is 6.19. The fourth-order valence-electron chi connectivity index (χ4n) is 0.952. The summed E-state index contributed by atoms with van der Waals surface area (Å²) in [6.07, 6.45) is 0. The number of methoxy groups -OCH3 is 1. The van der Waals surface area contributed by atoms with Gasteiger partial charge >= 0.3 is 0 Å². The van der Waals surface area contributed by atoms with Crippen molar-refractivity contribution in [1.82, 2.24) is 0 Å². The highest BCUT2D eigenvalue weighted by Crippen LogP contribution is 2.16. The fourth-order valence-corrected chi connectivity index (χ4v) is 0.952. The number of benzene rings is 1. The molecule has 0 aromatic heterocycles. The predicted octanol–water partition coefficient (Wildman–Crippen LogP) is 0.666. The summed E-state index contributed by atoms with van der Waals surface area (Å²) in [4.78, 5) is 10.9. The van der Waals surface area contributed by atoms with E-state index in [4.69, 9.17) is 15.7 Å². The molecule has 66 valence electrons. The Morgan fingerprint density at radius 2 is 2.31 bits per heavy atom. The Labute approximate surface area is 75.5 Å². The number of carbonyl (C=O) groups excluding carboxylic acids is 1. The topological polar surface area (TPSA) is 76.1 Å². The number of primary amides is 1. The summed E-state index contributed by atoms with van der Waals surface area (Å²) in [5.41, 5.74) is 5.51. The molecule has 0 saturated carbocycles.